The minimum absolute atomic E-state index is 0.110. The van der Waals surface area contributed by atoms with Gasteiger partial charge < -0.3 is 4.74 Å². The van der Waals surface area contributed by atoms with Gasteiger partial charge in [-0.05, 0) is 26.0 Å². The molecule has 0 unspecified atom stereocenters. The molecule has 0 N–H and O–H groups in total. The molecule has 0 atom stereocenters. The lowest BCUT2D eigenvalue weighted by molar-refractivity contribution is 0.0371. The van der Waals surface area contributed by atoms with Crippen LogP contribution in [0, 0.1) is 5.95 Å². The fraction of sp³-hybridized carbons (Fsp3) is 0.273. The average Bonchev–Trinajstić information content (AvgIpc) is 2.61. The molecule has 0 aromatic carbocycles. The Bertz CT molecular complexity index is 534. The highest BCUT2D eigenvalue weighted by Crippen LogP contribution is 2.09. The first kappa shape index (κ1) is 10.6. The molecule has 5 heteroatoms. The number of esters is 1. The van der Waals surface area contributed by atoms with Crippen molar-refractivity contribution in [1.82, 2.24) is 9.38 Å². The van der Waals surface area contributed by atoms with E-state index in [1.165, 1.54) is 22.7 Å². The Balaban J connectivity index is 2.40. The largest absolute Gasteiger partial charge is 0.458 e. The minimum atomic E-state index is -0.543. The van der Waals surface area contributed by atoms with Crippen molar-refractivity contribution in [2.45, 2.75) is 20.0 Å². The smallest absolute Gasteiger partial charge is 0.358 e. The number of imidazole rings is 1. The minimum Gasteiger partial charge on any atom is -0.458 e. The molecule has 0 amide bonds. The van der Waals surface area contributed by atoms with Crippen molar-refractivity contribution in [2.75, 3.05) is 0 Å². The number of rotatable bonds is 2. The van der Waals surface area contributed by atoms with E-state index in [1.807, 2.05) is 0 Å². The van der Waals surface area contributed by atoms with Crippen LogP contribution in [0.5, 0.6) is 0 Å². The van der Waals surface area contributed by atoms with Crippen molar-refractivity contribution in [3.63, 3.8) is 0 Å². The third-order valence-corrected chi connectivity index (χ3v) is 1.99. The molecule has 0 radical (unpaired) electrons. The molecular weight excluding hydrogens is 211 g/mol. The second-order valence-electron chi connectivity index (χ2n) is 3.66. The molecule has 0 aliphatic rings. The van der Waals surface area contributed by atoms with Gasteiger partial charge in [0, 0.05) is 6.20 Å². The molecule has 2 aromatic heterocycles. The van der Waals surface area contributed by atoms with Crippen LogP contribution in [0.2, 0.25) is 0 Å². The summed E-state index contributed by atoms with van der Waals surface area (Å²) in [5, 5.41) is 0. The van der Waals surface area contributed by atoms with Gasteiger partial charge in [0.1, 0.15) is 5.65 Å². The topological polar surface area (TPSA) is 43.6 Å². The summed E-state index contributed by atoms with van der Waals surface area (Å²) in [6.45, 7) is 3.49. The molecule has 84 valence electrons. The van der Waals surface area contributed by atoms with Gasteiger partial charge >= 0.3 is 5.97 Å². The van der Waals surface area contributed by atoms with Crippen LogP contribution < -0.4 is 0 Å². The van der Waals surface area contributed by atoms with Gasteiger partial charge in [0.05, 0.1) is 6.10 Å². The highest BCUT2D eigenvalue weighted by molar-refractivity contribution is 5.88. The van der Waals surface area contributed by atoms with Gasteiger partial charge in [0.25, 0.3) is 0 Å². The zero-order chi connectivity index (χ0) is 11.7. The molecule has 0 bridgehead atoms. The fourth-order valence-corrected chi connectivity index (χ4v) is 1.35. The number of halogens is 1. The third kappa shape index (κ3) is 1.88. The molecule has 0 saturated heterocycles. The van der Waals surface area contributed by atoms with Crippen LogP contribution in [0.15, 0.2) is 24.4 Å². The van der Waals surface area contributed by atoms with Crippen molar-refractivity contribution < 1.29 is 13.9 Å². The summed E-state index contributed by atoms with van der Waals surface area (Å²) in [5.41, 5.74) is 0.495. The van der Waals surface area contributed by atoms with Crippen LogP contribution in [0.3, 0.4) is 0 Å². The molecular formula is C11H11FN2O2. The Morgan fingerprint density at radius 2 is 2.25 bits per heavy atom. The van der Waals surface area contributed by atoms with Crippen molar-refractivity contribution in [3.05, 3.63) is 36.0 Å². The maximum atomic E-state index is 13.3. The zero-order valence-corrected chi connectivity index (χ0v) is 8.98. The molecule has 2 aromatic rings. The van der Waals surface area contributed by atoms with Gasteiger partial charge in [-0.15, -0.1) is 0 Å². The highest BCUT2D eigenvalue weighted by atomic mass is 19.1. The summed E-state index contributed by atoms with van der Waals surface area (Å²) in [5.74, 6) is -1.01. The predicted molar refractivity (Wildman–Crippen MR) is 55.7 cm³/mol. The summed E-state index contributed by atoms with van der Waals surface area (Å²) in [7, 11) is 0. The maximum absolute atomic E-state index is 13.3. The maximum Gasteiger partial charge on any atom is 0.358 e. The molecule has 0 fully saturated rings. The van der Waals surface area contributed by atoms with Crippen molar-refractivity contribution in [3.8, 4) is 0 Å². The van der Waals surface area contributed by atoms with E-state index < -0.39 is 11.9 Å². The summed E-state index contributed by atoms with van der Waals surface area (Å²) >= 11 is 0. The van der Waals surface area contributed by atoms with Gasteiger partial charge in [0.15, 0.2) is 11.6 Å². The standard InChI is InChI=1S/C11H11FN2O2/c1-7(2)16-11(15)8-6-14-9(12)4-3-5-10(14)13-8/h3-7H,1-2H3. The molecule has 2 rings (SSSR count). The highest BCUT2D eigenvalue weighted by Gasteiger charge is 2.14. The number of carbonyl (C=O) groups is 1. The zero-order valence-electron chi connectivity index (χ0n) is 8.98. The fourth-order valence-electron chi connectivity index (χ4n) is 1.35. The first-order chi connectivity index (χ1) is 7.58. The number of carbonyl (C=O) groups excluding carboxylic acids is 1. The van der Waals surface area contributed by atoms with E-state index >= 15 is 0 Å². The van der Waals surface area contributed by atoms with E-state index in [1.54, 1.807) is 19.9 Å². The van der Waals surface area contributed by atoms with Crippen LogP contribution in [0.4, 0.5) is 4.39 Å². The van der Waals surface area contributed by atoms with Crippen LogP contribution in [0.1, 0.15) is 24.3 Å². The Kier molecular flexibility index (Phi) is 2.60. The van der Waals surface area contributed by atoms with E-state index in [-0.39, 0.29) is 11.8 Å². The first-order valence-corrected chi connectivity index (χ1v) is 4.92. The monoisotopic (exact) mass is 222 g/mol. The molecule has 0 aliphatic carbocycles. The SMILES string of the molecule is CC(C)OC(=O)c1cn2c(F)cccc2n1. The summed E-state index contributed by atoms with van der Waals surface area (Å²) < 4.78 is 19.5. The van der Waals surface area contributed by atoms with Gasteiger partial charge in [0.2, 0.25) is 0 Å². The van der Waals surface area contributed by atoms with Crippen LogP contribution in [-0.4, -0.2) is 21.5 Å². The van der Waals surface area contributed by atoms with E-state index in [0.29, 0.717) is 5.65 Å². The number of nitrogens with zero attached hydrogens (tertiary/aromatic N) is 2. The Morgan fingerprint density at radius 3 is 2.88 bits per heavy atom. The second kappa shape index (κ2) is 3.92. The van der Waals surface area contributed by atoms with Gasteiger partial charge in [-0.1, -0.05) is 6.07 Å². The number of pyridine rings is 1. The molecule has 0 spiro atoms. The Hall–Kier alpha value is -1.91. The van der Waals surface area contributed by atoms with E-state index in [4.69, 9.17) is 4.74 Å². The number of hydrogen-bond donors (Lipinski definition) is 0. The van der Waals surface area contributed by atoms with E-state index in [9.17, 15) is 9.18 Å². The predicted octanol–water partition coefficient (Wildman–Crippen LogP) is 2.04. The van der Waals surface area contributed by atoms with Crippen molar-refractivity contribution in [2.24, 2.45) is 0 Å². The first-order valence-electron chi connectivity index (χ1n) is 4.92. The molecule has 16 heavy (non-hydrogen) atoms. The van der Waals surface area contributed by atoms with Crippen LogP contribution in [-0.2, 0) is 4.74 Å². The number of aromatic nitrogens is 2. The summed E-state index contributed by atoms with van der Waals surface area (Å²) in [6, 6.07) is 4.46. The lowest BCUT2D eigenvalue weighted by atomic mass is 10.4. The lowest BCUT2D eigenvalue weighted by Gasteiger charge is -2.04. The van der Waals surface area contributed by atoms with Crippen molar-refractivity contribution in [1.29, 1.82) is 0 Å². The van der Waals surface area contributed by atoms with E-state index in [0.717, 1.165) is 0 Å². The number of ether oxygens (including phenoxy) is 1. The lowest BCUT2D eigenvalue weighted by Crippen LogP contribution is -2.11. The van der Waals surface area contributed by atoms with Gasteiger partial charge in [-0.2, -0.15) is 4.39 Å². The van der Waals surface area contributed by atoms with Crippen LogP contribution in [0.25, 0.3) is 5.65 Å². The molecule has 4 nitrogen and oxygen atoms in total. The average molecular weight is 222 g/mol. The van der Waals surface area contributed by atoms with Crippen molar-refractivity contribution >= 4 is 11.6 Å². The third-order valence-electron chi connectivity index (χ3n) is 1.99. The molecule has 2 heterocycles. The van der Waals surface area contributed by atoms with Crippen LogP contribution >= 0.6 is 0 Å². The molecule has 0 saturated carbocycles. The van der Waals surface area contributed by atoms with Gasteiger partial charge in [-0.3, -0.25) is 4.40 Å². The second-order valence-corrected chi connectivity index (χ2v) is 3.66. The Morgan fingerprint density at radius 1 is 1.50 bits per heavy atom. The Labute approximate surface area is 91.7 Å². The number of hydrogen-bond acceptors (Lipinski definition) is 3. The summed E-state index contributed by atoms with van der Waals surface area (Å²) in [6.07, 6.45) is 1.11. The van der Waals surface area contributed by atoms with Gasteiger partial charge in [-0.25, -0.2) is 9.78 Å². The summed E-state index contributed by atoms with van der Waals surface area (Å²) in [4.78, 5) is 15.5. The quantitative estimate of drug-likeness (QED) is 0.577. The normalized spacial score (nSPS) is 11.0. The van der Waals surface area contributed by atoms with E-state index in [2.05, 4.69) is 4.98 Å². The molecule has 0 aliphatic heterocycles. The number of fused-ring (bicyclic) bond motifs is 1.